The van der Waals surface area contributed by atoms with Gasteiger partial charge in [-0.05, 0) is 68.7 Å². The van der Waals surface area contributed by atoms with Crippen LogP contribution in [-0.2, 0) is 4.74 Å². The second-order valence-corrected chi connectivity index (χ2v) is 7.23. The van der Waals surface area contributed by atoms with Gasteiger partial charge in [0.05, 0.1) is 30.8 Å². The molecule has 28 heavy (non-hydrogen) atoms. The maximum Gasteiger partial charge on any atom is 0.200 e. The topological polar surface area (TPSA) is 45.5 Å². The molecule has 146 valence electrons. The second-order valence-electron chi connectivity index (χ2n) is 7.23. The lowest BCUT2D eigenvalue weighted by Crippen LogP contribution is -2.14. The van der Waals surface area contributed by atoms with Crippen molar-refractivity contribution in [3.05, 3.63) is 59.3 Å². The van der Waals surface area contributed by atoms with Gasteiger partial charge in [-0.2, -0.15) is 5.10 Å². The fourth-order valence-electron chi connectivity index (χ4n) is 3.56. The first-order valence-corrected chi connectivity index (χ1v) is 9.67. The van der Waals surface area contributed by atoms with Crippen LogP contribution in [0, 0.1) is 20.8 Å². The maximum atomic E-state index is 6.08. The van der Waals surface area contributed by atoms with Crippen LogP contribution in [0.25, 0.3) is 16.9 Å². The summed E-state index contributed by atoms with van der Waals surface area (Å²) in [5, 5.41) is 4.75. The minimum atomic E-state index is -0.213. The van der Waals surface area contributed by atoms with Gasteiger partial charge in [0.15, 0.2) is 17.8 Å². The second kappa shape index (κ2) is 7.68. The fourth-order valence-corrected chi connectivity index (χ4v) is 3.56. The average Bonchev–Trinajstić information content (AvgIpc) is 3.33. The van der Waals surface area contributed by atoms with Crippen molar-refractivity contribution in [2.24, 2.45) is 0 Å². The van der Waals surface area contributed by atoms with Gasteiger partial charge in [0, 0.05) is 12.0 Å². The molecule has 1 aliphatic heterocycles. The van der Waals surface area contributed by atoms with Gasteiger partial charge < -0.3 is 14.2 Å². The summed E-state index contributed by atoms with van der Waals surface area (Å²) < 4.78 is 19.2. The molecule has 0 amide bonds. The zero-order valence-electron chi connectivity index (χ0n) is 16.9. The smallest absolute Gasteiger partial charge is 0.200 e. The van der Waals surface area contributed by atoms with Crippen molar-refractivity contribution in [3.63, 3.8) is 0 Å². The Morgan fingerprint density at radius 2 is 1.93 bits per heavy atom. The number of methoxy groups -OCH3 is 1. The normalized spacial score (nSPS) is 16.4. The predicted octanol–water partition coefficient (Wildman–Crippen LogP) is 4.99. The van der Waals surface area contributed by atoms with Gasteiger partial charge in [0.2, 0.25) is 0 Å². The van der Waals surface area contributed by atoms with Crippen LogP contribution in [0.1, 0.15) is 29.7 Å². The standard InChI is InChI=1S/C23H26N2O3/c1-15-7-5-8-19(17(15)3)25-20(13-16(2)24-25)18-10-11-21(26-4)22(14-18)28-23-9-6-12-27-23/h5,7-8,10-11,13-14,23H,6,9,12H2,1-4H3. The molecule has 5 nitrogen and oxygen atoms in total. The van der Waals surface area contributed by atoms with Crippen LogP contribution in [-0.4, -0.2) is 29.8 Å². The lowest BCUT2D eigenvalue weighted by atomic mass is 10.1. The first-order valence-electron chi connectivity index (χ1n) is 9.67. The van der Waals surface area contributed by atoms with E-state index < -0.39 is 0 Å². The van der Waals surface area contributed by atoms with Gasteiger partial charge in [-0.3, -0.25) is 0 Å². The molecule has 1 aliphatic rings. The molecule has 1 saturated heterocycles. The van der Waals surface area contributed by atoms with E-state index in [0.717, 1.165) is 42.1 Å². The third-order valence-corrected chi connectivity index (χ3v) is 5.24. The van der Waals surface area contributed by atoms with Gasteiger partial charge >= 0.3 is 0 Å². The van der Waals surface area contributed by atoms with Crippen molar-refractivity contribution in [1.82, 2.24) is 9.78 Å². The van der Waals surface area contributed by atoms with Gasteiger partial charge in [0.1, 0.15) is 0 Å². The van der Waals surface area contributed by atoms with Gasteiger partial charge in [0.25, 0.3) is 0 Å². The van der Waals surface area contributed by atoms with Crippen LogP contribution < -0.4 is 9.47 Å². The Kier molecular flexibility index (Phi) is 5.09. The van der Waals surface area contributed by atoms with Gasteiger partial charge in [-0.25, -0.2) is 4.68 Å². The Morgan fingerprint density at radius 3 is 2.68 bits per heavy atom. The Balaban J connectivity index is 1.78. The first-order chi connectivity index (χ1) is 13.6. The van der Waals surface area contributed by atoms with E-state index in [0.29, 0.717) is 11.5 Å². The lowest BCUT2D eigenvalue weighted by molar-refractivity contribution is -0.0402. The summed E-state index contributed by atoms with van der Waals surface area (Å²) in [5.74, 6) is 1.40. The highest BCUT2D eigenvalue weighted by molar-refractivity contribution is 5.67. The number of aryl methyl sites for hydroxylation is 2. The molecule has 4 rings (SSSR count). The lowest BCUT2D eigenvalue weighted by Gasteiger charge is -2.17. The van der Waals surface area contributed by atoms with Crippen LogP contribution in [0.15, 0.2) is 42.5 Å². The Hall–Kier alpha value is -2.79. The fraction of sp³-hybridized carbons (Fsp3) is 0.348. The van der Waals surface area contributed by atoms with Gasteiger partial charge in [-0.15, -0.1) is 0 Å². The highest BCUT2D eigenvalue weighted by Crippen LogP contribution is 2.35. The van der Waals surface area contributed by atoms with Crippen molar-refractivity contribution < 1.29 is 14.2 Å². The number of nitrogens with zero attached hydrogens (tertiary/aromatic N) is 2. The minimum Gasteiger partial charge on any atom is -0.493 e. The summed E-state index contributed by atoms with van der Waals surface area (Å²) in [7, 11) is 1.65. The third kappa shape index (κ3) is 3.50. The van der Waals surface area contributed by atoms with Crippen LogP contribution in [0.5, 0.6) is 11.5 Å². The van der Waals surface area contributed by atoms with E-state index in [4.69, 9.17) is 19.3 Å². The quantitative estimate of drug-likeness (QED) is 0.628. The number of aromatic nitrogens is 2. The van der Waals surface area contributed by atoms with E-state index in [1.165, 1.54) is 11.1 Å². The number of ether oxygens (including phenoxy) is 3. The van der Waals surface area contributed by atoms with E-state index >= 15 is 0 Å². The molecular weight excluding hydrogens is 352 g/mol. The first kappa shape index (κ1) is 18.6. The molecule has 5 heteroatoms. The molecule has 2 aromatic carbocycles. The van der Waals surface area contributed by atoms with Crippen molar-refractivity contribution in [2.45, 2.75) is 39.9 Å². The minimum absolute atomic E-state index is 0.213. The number of hydrogen-bond acceptors (Lipinski definition) is 4. The van der Waals surface area contributed by atoms with Crippen molar-refractivity contribution >= 4 is 0 Å². The summed E-state index contributed by atoms with van der Waals surface area (Å²) in [5.41, 5.74) is 6.56. The summed E-state index contributed by atoms with van der Waals surface area (Å²) in [6, 6.07) is 14.4. The van der Waals surface area contributed by atoms with E-state index in [1.54, 1.807) is 7.11 Å². The van der Waals surface area contributed by atoms with E-state index in [9.17, 15) is 0 Å². The summed E-state index contributed by atoms with van der Waals surface area (Å²) in [6.07, 6.45) is 1.70. The molecule has 1 unspecified atom stereocenters. The number of rotatable bonds is 5. The molecule has 0 bridgehead atoms. The Bertz CT molecular complexity index is 988. The molecule has 0 saturated carbocycles. The molecule has 2 heterocycles. The summed E-state index contributed by atoms with van der Waals surface area (Å²) >= 11 is 0. The zero-order valence-corrected chi connectivity index (χ0v) is 16.9. The Morgan fingerprint density at radius 1 is 1.07 bits per heavy atom. The molecular formula is C23H26N2O3. The molecule has 1 aromatic heterocycles. The van der Waals surface area contributed by atoms with E-state index in [-0.39, 0.29) is 6.29 Å². The van der Waals surface area contributed by atoms with Crippen LogP contribution >= 0.6 is 0 Å². The molecule has 0 radical (unpaired) electrons. The van der Waals surface area contributed by atoms with Crippen LogP contribution in [0.4, 0.5) is 0 Å². The number of hydrogen-bond donors (Lipinski definition) is 0. The molecule has 1 fully saturated rings. The third-order valence-electron chi connectivity index (χ3n) is 5.24. The molecule has 0 aliphatic carbocycles. The zero-order chi connectivity index (χ0) is 19.7. The van der Waals surface area contributed by atoms with E-state index in [2.05, 4.69) is 38.1 Å². The predicted molar refractivity (Wildman–Crippen MR) is 109 cm³/mol. The monoisotopic (exact) mass is 378 g/mol. The summed E-state index contributed by atoms with van der Waals surface area (Å²) in [4.78, 5) is 0. The van der Waals surface area contributed by atoms with Crippen molar-refractivity contribution in [2.75, 3.05) is 13.7 Å². The largest absolute Gasteiger partial charge is 0.493 e. The maximum absolute atomic E-state index is 6.08. The molecule has 0 spiro atoms. The van der Waals surface area contributed by atoms with E-state index in [1.807, 2.05) is 29.8 Å². The number of benzene rings is 2. The highest BCUT2D eigenvalue weighted by Gasteiger charge is 2.20. The Labute approximate surface area is 165 Å². The van der Waals surface area contributed by atoms with Crippen molar-refractivity contribution in [3.8, 4) is 28.4 Å². The SMILES string of the molecule is COc1ccc(-c2cc(C)nn2-c2cccc(C)c2C)cc1OC1CCCO1. The average molecular weight is 378 g/mol. The van der Waals surface area contributed by atoms with Crippen LogP contribution in [0.3, 0.4) is 0 Å². The highest BCUT2D eigenvalue weighted by atomic mass is 16.7. The van der Waals surface area contributed by atoms with Gasteiger partial charge in [-0.1, -0.05) is 12.1 Å². The summed E-state index contributed by atoms with van der Waals surface area (Å²) in [6.45, 7) is 7.00. The molecule has 0 N–H and O–H groups in total. The molecule has 3 aromatic rings. The molecule has 1 atom stereocenters. The van der Waals surface area contributed by atoms with Crippen LogP contribution in [0.2, 0.25) is 0 Å². The van der Waals surface area contributed by atoms with Crippen molar-refractivity contribution in [1.29, 1.82) is 0 Å².